The zero-order valence-electron chi connectivity index (χ0n) is 8.18. The molecule has 17 heavy (non-hydrogen) atoms. The van der Waals surface area contributed by atoms with Crippen LogP contribution in [0.1, 0.15) is 22.0 Å². The molecule has 0 bridgehead atoms. The third-order valence-electron chi connectivity index (χ3n) is 2.07. The summed E-state index contributed by atoms with van der Waals surface area (Å²) in [5.74, 6) is -10.3. The van der Waals surface area contributed by atoms with Crippen molar-refractivity contribution >= 4 is 5.97 Å². The van der Waals surface area contributed by atoms with Crippen LogP contribution in [-0.4, -0.2) is 22.7 Å². The Kier molecular flexibility index (Phi) is 3.69. The lowest BCUT2D eigenvalue weighted by atomic mass is 10.0. The van der Waals surface area contributed by atoms with Crippen LogP contribution in [0, 0.1) is 23.3 Å². The Morgan fingerprint density at radius 3 is 1.82 bits per heavy atom. The van der Waals surface area contributed by atoms with Crippen LogP contribution in [0.5, 0.6) is 0 Å². The second-order valence-electron chi connectivity index (χ2n) is 3.10. The van der Waals surface area contributed by atoms with Crippen molar-refractivity contribution in [1.29, 1.82) is 0 Å². The molecule has 1 atom stereocenters. The summed E-state index contributed by atoms with van der Waals surface area (Å²) >= 11 is 0. The first-order chi connectivity index (χ1) is 7.82. The van der Waals surface area contributed by atoms with Crippen molar-refractivity contribution in [3.8, 4) is 0 Å². The maximum atomic E-state index is 13.2. The number of benzene rings is 1. The molecule has 8 heteroatoms. The Bertz CT molecular complexity index is 449. The van der Waals surface area contributed by atoms with Gasteiger partial charge in [-0.2, -0.15) is 0 Å². The Balaban J connectivity index is 3.64. The van der Waals surface area contributed by atoms with Crippen molar-refractivity contribution in [1.82, 2.24) is 0 Å². The van der Waals surface area contributed by atoms with Crippen LogP contribution < -0.4 is 5.73 Å². The molecule has 1 unspecified atom stereocenters. The summed E-state index contributed by atoms with van der Waals surface area (Å²) in [7, 11) is 0. The Labute approximate surface area is 92.3 Å². The predicted octanol–water partition coefficient (Wildman–Crippen LogP) is 0.933. The van der Waals surface area contributed by atoms with Crippen LogP contribution in [0.2, 0.25) is 0 Å². The van der Waals surface area contributed by atoms with Crippen LogP contribution in [0.15, 0.2) is 0 Å². The second-order valence-corrected chi connectivity index (χ2v) is 3.10. The molecular weight excluding hydrogens is 246 g/mol. The summed E-state index contributed by atoms with van der Waals surface area (Å²) in [6.45, 7) is -0.681. The van der Waals surface area contributed by atoms with Gasteiger partial charge in [-0.3, -0.25) is 0 Å². The SMILES string of the molecule is NCC(O)c1c(F)c(F)c(C(=O)O)c(F)c1F. The standard InChI is InChI=1S/C9H7F4NO3/c10-5-3(2(15)1-14)6(11)8(13)4(7(5)12)9(16)17/h2,15H,1,14H2,(H,16,17). The minimum Gasteiger partial charge on any atom is -0.477 e. The first-order valence-electron chi connectivity index (χ1n) is 4.30. The zero-order chi connectivity index (χ0) is 13.3. The molecular formula is C9H7F4NO3. The summed E-state index contributed by atoms with van der Waals surface area (Å²) in [6, 6.07) is 0. The molecule has 0 aliphatic rings. The molecule has 0 aliphatic heterocycles. The molecule has 0 saturated carbocycles. The van der Waals surface area contributed by atoms with E-state index in [9.17, 15) is 22.4 Å². The largest absolute Gasteiger partial charge is 0.477 e. The van der Waals surface area contributed by atoms with E-state index in [0.29, 0.717) is 0 Å². The molecule has 0 heterocycles. The molecule has 1 aromatic carbocycles. The third-order valence-corrected chi connectivity index (χ3v) is 2.07. The maximum absolute atomic E-state index is 13.2. The highest BCUT2D eigenvalue weighted by atomic mass is 19.2. The van der Waals surface area contributed by atoms with Crippen LogP contribution in [0.25, 0.3) is 0 Å². The molecule has 1 aromatic rings. The number of aliphatic hydroxyl groups excluding tert-OH is 1. The Hall–Kier alpha value is -1.67. The van der Waals surface area contributed by atoms with Gasteiger partial charge in [0.15, 0.2) is 23.3 Å². The highest BCUT2D eigenvalue weighted by Gasteiger charge is 2.31. The van der Waals surface area contributed by atoms with Crippen molar-refractivity contribution in [3.63, 3.8) is 0 Å². The number of nitrogens with two attached hydrogens (primary N) is 1. The van der Waals surface area contributed by atoms with Gasteiger partial charge in [0, 0.05) is 6.54 Å². The van der Waals surface area contributed by atoms with Crippen molar-refractivity contribution in [2.45, 2.75) is 6.10 Å². The lowest BCUT2D eigenvalue weighted by molar-refractivity contribution is 0.0682. The Morgan fingerprint density at radius 1 is 1.12 bits per heavy atom. The van der Waals surface area contributed by atoms with E-state index in [2.05, 4.69) is 0 Å². The average Bonchev–Trinajstić information content (AvgIpc) is 2.26. The summed E-state index contributed by atoms with van der Waals surface area (Å²) in [4.78, 5) is 10.4. The van der Waals surface area contributed by atoms with Gasteiger partial charge in [0.25, 0.3) is 0 Å². The summed E-state index contributed by atoms with van der Waals surface area (Å²) in [6.07, 6.45) is -1.97. The summed E-state index contributed by atoms with van der Waals surface area (Å²) in [5.41, 5.74) is 1.81. The Morgan fingerprint density at radius 2 is 1.53 bits per heavy atom. The minimum atomic E-state index is -2.16. The minimum absolute atomic E-state index is 0.681. The number of aromatic carboxylic acids is 1. The maximum Gasteiger partial charge on any atom is 0.341 e. The number of carbonyl (C=O) groups is 1. The molecule has 0 aromatic heterocycles. The number of carboxylic acid groups (broad SMARTS) is 1. The highest BCUT2D eigenvalue weighted by molar-refractivity contribution is 5.88. The average molecular weight is 253 g/mol. The molecule has 0 amide bonds. The lowest BCUT2D eigenvalue weighted by Crippen LogP contribution is -2.19. The zero-order valence-corrected chi connectivity index (χ0v) is 8.18. The van der Waals surface area contributed by atoms with E-state index in [4.69, 9.17) is 15.9 Å². The van der Waals surface area contributed by atoms with Gasteiger partial charge in [-0.1, -0.05) is 0 Å². The van der Waals surface area contributed by atoms with Crippen molar-refractivity contribution < 1.29 is 32.6 Å². The van der Waals surface area contributed by atoms with E-state index in [1.807, 2.05) is 0 Å². The lowest BCUT2D eigenvalue weighted by Gasteiger charge is -2.13. The smallest absolute Gasteiger partial charge is 0.341 e. The molecule has 1 rings (SSSR count). The first kappa shape index (κ1) is 13.4. The van der Waals surface area contributed by atoms with Crippen LogP contribution in [0.4, 0.5) is 17.6 Å². The van der Waals surface area contributed by atoms with Crippen LogP contribution in [-0.2, 0) is 0 Å². The molecule has 94 valence electrons. The van der Waals surface area contributed by atoms with Gasteiger partial charge in [0.2, 0.25) is 0 Å². The van der Waals surface area contributed by atoms with Gasteiger partial charge in [-0.25, -0.2) is 22.4 Å². The van der Waals surface area contributed by atoms with E-state index in [-0.39, 0.29) is 0 Å². The summed E-state index contributed by atoms with van der Waals surface area (Å²) < 4.78 is 52.8. The third kappa shape index (κ3) is 2.08. The van der Waals surface area contributed by atoms with Gasteiger partial charge >= 0.3 is 5.97 Å². The van der Waals surface area contributed by atoms with Crippen LogP contribution >= 0.6 is 0 Å². The molecule has 0 spiro atoms. The molecule has 0 saturated heterocycles. The molecule has 4 N–H and O–H groups in total. The highest BCUT2D eigenvalue weighted by Crippen LogP contribution is 2.28. The number of hydrogen-bond acceptors (Lipinski definition) is 3. The normalized spacial score (nSPS) is 12.6. The predicted molar refractivity (Wildman–Crippen MR) is 47.2 cm³/mol. The molecule has 4 nitrogen and oxygen atoms in total. The number of carboxylic acids is 1. The quantitative estimate of drug-likeness (QED) is 0.552. The number of rotatable bonds is 3. The van der Waals surface area contributed by atoms with E-state index < -0.39 is 53.0 Å². The second kappa shape index (κ2) is 4.68. The number of hydrogen-bond donors (Lipinski definition) is 3. The molecule has 0 fully saturated rings. The van der Waals surface area contributed by atoms with Gasteiger partial charge in [0.05, 0.1) is 11.7 Å². The topological polar surface area (TPSA) is 83.5 Å². The first-order valence-corrected chi connectivity index (χ1v) is 4.30. The van der Waals surface area contributed by atoms with Gasteiger partial charge in [-0.15, -0.1) is 0 Å². The van der Waals surface area contributed by atoms with Crippen molar-refractivity contribution in [2.24, 2.45) is 5.73 Å². The van der Waals surface area contributed by atoms with E-state index >= 15 is 0 Å². The fourth-order valence-electron chi connectivity index (χ4n) is 1.25. The fraction of sp³-hybridized carbons (Fsp3) is 0.222. The van der Waals surface area contributed by atoms with E-state index in [1.54, 1.807) is 0 Å². The molecule has 0 aliphatic carbocycles. The fourth-order valence-corrected chi connectivity index (χ4v) is 1.25. The molecule has 0 radical (unpaired) electrons. The monoisotopic (exact) mass is 253 g/mol. The van der Waals surface area contributed by atoms with E-state index in [0.717, 1.165) is 0 Å². The van der Waals surface area contributed by atoms with Gasteiger partial charge in [0.1, 0.15) is 5.56 Å². The van der Waals surface area contributed by atoms with Crippen molar-refractivity contribution in [2.75, 3.05) is 6.54 Å². The van der Waals surface area contributed by atoms with Crippen LogP contribution in [0.3, 0.4) is 0 Å². The number of aliphatic hydroxyl groups is 1. The number of halogens is 4. The summed E-state index contributed by atoms with van der Waals surface area (Å²) in [5, 5.41) is 17.5. The van der Waals surface area contributed by atoms with E-state index in [1.165, 1.54) is 0 Å². The van der Waals surface area contributed by atoms with Gasteiger partial charge < -0.3 is 15.9 Å². The van der Waals surface area contributed by atoms with Gasteiger partial charge in [-0.05, 0) is 0 Å². The van der Waals surface area contributed by atoms with Crippen molar-refractivity contribution in [3.05, 3.63) is 34.4 Å².